The first kappa shape index (κ1) is 8.86. The van der Waals surface area contributed by atoms with Crippen molar-refractivity contribution < 1.29 is 0 Å². The van der Waals surface area contributed by atoms with Gasteiger partial charge in [-0.15, -0.1) is 0 Å². The smallest absolute Gasteiger partial charge is 0.0625 e. The average Bonchev–Trinajstić information content (AvgIpc) is 3.01. The third-order valence-corrected chi connectivity index (χ3v) is 4.34. The molecule has 2 saturated carbocycles. The molecule has 0 atom stereocenters. The van der Waals surface area contributed by atoms with E-state index in [-0.39, 0.29) is 11.0 Å². The van der Waals surface area contributed by atoms with Crippen molar-refractivity contribution in [2.45, 2.75) is 36.6 Å². The molecule has 1 aromatic heterocycles. The molecule has 0 aliphatic heterocycles. The van der Waals surface area contributed by atoms with Gasteiger partial charge in [0.1, 0.15) is 0 Å². The summed E-state index contributed by atoms with van der Waals surface area (Å²) < 4.78 is 1.12. The molecule has 0 saturated heterocycles. The standard InChI is InChI=1S/C11H13BrN2/c12-8-2-1-7-14-9(8)10(3-4-10)11(13)5-6-11/h1-2,7H,3-6,13H2. The summed E-state index contributed by atoms with van der Waals surface area (Å²) in [6.45, 7) is 0. The molecule has 3 heteroatoms. The van der Waals surface area contributed by atoms with Gasteiger partial charge in [0.2, 0.25) is 0 Å². The van der Waals surface area contributed by atoms with E-state index in [4.69, 9.17) is 5.73 Å². The number of hydrogen-bond acceptors (Lipinski definition) is 2. The van der Waals surface area contributed by atoms with Crippen LogP contribution in [0.5, 0.6) is 0 Å². The van der Waals surface area contributed by atoms with Crippen LogP contribution in [0.3, 0.4) is 0 Å². The molecule has 1 heterocycles. The van der Waals surface area contributed by atoms with E-state index in [0.29, 0.717) is 0 Å². The number of aromatic nitrogens is 1. The van der Waals surface area contributed by atoms with Gasteiger partial charge >= 0.3 is 0 Å². The summed E-state index contributed by atoms with van der Waals surface area (Å²) in [7, 11) is 0. The summed E-state index contributed by atoms with van der Waals surface area (Å²) in [6.07, 6.45) is 6.61. The van der Waals surface area contributed by atoms with Gasteiger partial charge in [-0.25, -0.2) is 0 Å². The lowest BCUT2D eigenvalue weighted by Crippen LogP contribution is -2.38. The van der Waals surface area contributed by atoms with Crippen molar-refractivity contribution in [3.8, 4) is 0 Å². The van der Waals surface area contributed by atoms with Crippen LogP contribution < -0.4 is 5.73 Å². The van der Waals surface area contributed by atoms with Crippen molar-refractivity contribution in [2.75, 3.05) is 0 Å². The van der Waals surface area contributed by atoms with Crippen LogP contribution in [0.2, 0.25) is 0 Å². The van der Waals surface area contributed by atoms with Gasteiger partial charge in [0.05, 0.1) is 5.69 Å². The van der Waals surface area contributed by atoms with Gasteiger partial charge in [-0.3, -0.25) is 4.98 Å². The molecule has 74 valence electrons. The lowest BCUT2D eigenvalue weighted by atomic mass is 9.90. The molecule has 3 rings (SSSR count). The summed E-state index contributed by atoms with van der Waals surface area (Å²) in [6, 6.07) is 4.02. The number of hydrogen-bond donors (Lipinski definition) is 1. The summed E-state index contributed by atoms with van der Waals surface area (Å²) in [5.41, 5.74) is 7.77. The van der Waals surface area contributed by atoms with Gasteiger partial charge in [0.15, 0.2) is 0 Å². The van der Waals surface area contributed by atoms with E-state index < -0.39 is 0 Å². The van der Waals surface area contributed by atoms with Gasteiger partial charge in [-0.2, -0.15) is 0 Å². The molecule has 0 spiro atoms. The van der Waals surface area contributed by atoms with Crippen LogP contribution in [-0.4, -0.2) is 10.5 Å². The summed E-state index contributed by atoms with van der Waals surface area (Å²) in [5, 5.41) is 0. The first-order valence-corrected chi connectivity index (χ1v) is 5.87. The van der Waals surface area contributed by atoms with Crippen molar-refractivity contribution in [3.63, 3.8) is 0 Å². The minimum absolute atomic E-state index is 0.0594. The average molecular weight is 253 g/mol. The fraction of sp³-hybridized carbons (Fsp3) is 0.545. The molecule has 0 bridgehead atoms. The van der Waals surface area contributed by atoms with Gasteiger partial charge < -0.3 is 5.73 Å². The number of nitrogens with zero attached hydrogens (tertiary/aromatic N) is 1. The largest absolute Gasteiger partial charge is 0.324 e. The molecule has 2 aliphatic rings. The minimum atomic E-state index is 0.0594. The Kier molecular flexibility index (Phi) is 1.63. The molecule has 1 aromatic rings. The Labute approximate surface area is 92.0 Å². The number of nitrogens with two attached hydrogens (primary N) is 1. The highest BCUT2D eigenvalue weighted by molar-refractivity contribution is 9.10. The van der Waals surface area contributed by atoms with Crippen LogP contribution in [0, 0.1) is 0 Å². The minimum Gasteiger partial charge on any atom is -0.324 e. The van der Waals surface area contributed by atoms with E-state index in [1.165, 1.54) is 18.5 Å². The fourth-order valence-electron chi connectivity index (χ4n) is 2.45. The second-order valence-electron chi connectivity index (χ2n) is 4.57. The van der Waals surface area contributed by atoms with E-state index >= 15 is 0 Å². The van der Waals surface area contributed by atoms with Gasteiger partial charge in [0.25, 0.3) is 0 Å². The van der Waals surface area contributed by atoms with Crippen LogP contribution in [0.4, 0.5) is 0 Å². The van der Waals surface area contributed by atoms with E-state index in [1.807, 2.05) is 12.3 Å². The van der Waals surface area contributed by atoms with Crippen LogP contribution in [0.25, 0.3) is 0 Å². The second-order valence-corrected chi connectivity index (χ2v) is 5.43. The Morgan fingerprint density at radius 2 is 2.00 bits per heavy atom. The Bertz CT molecular complexity index is 381. The number of halogens is 1. The molecule has 0 unspecified atom stereocenters. The first-order valence-electron chi connectivity index (χ1n) is 5.08. The quantitative estimate of drug-likeness (QED) is 0.878. The zero-order valence-electron chi connectivity index (χ0n) is 7.96. The fourth-order valence-corrected chi connectivity index (χ4v) is 3.08. The highest BCUT2D eigenvalue weighted by Gasteiger charge is 2.65. The predicted molar refractivity (Wildman–Crippen MR) is 59.0 cm³/mol. The maximum atomic E-state index is 6.33. The third-order valence-electron chi connectivity index (χ3n) is 3.70. The Balaban J connectivity index is 2.07. The number of pyridine rings is 1. The van der Waals surface area contributed by atoms with Crippen LogP contribution in [-0.2, 0) is 5.41 Å². The van der Waals surface area contributed by atoms with E-state index in [2.05, 4.69) is 27.0 Å². The topological polar surface area (TPSA) is 38.9 Å². The van der Waals surface area contributed by atoms with Crippen LogP contribution in [0.15, 0.2) is 22.8 Å². The molecule has 2 aliphatic carbocycles. The summed E-state index contributed by atoms with van der Waals surface area (Å²) in [4.78, 5) is 4.49. The van der Waals surface area contributed by atoms with Gasteiger partial charge in [-0.1, -0.05) is 0 Å². The highest BCUT2D eigenvalue weighted by Crippen LogP contribution is 2.64. The molecular weight excluding hydrogens is 240 g/mol. The van der Waals surface area contributed by atoms with Crippen molar-refractivity contribution in [1.29, 1.82) is 0 Å². The Morgan fingerprint density at radius 1 is 1.29 bits per heavy atom. The first-order chi connectivity index (χ1) is 6.68. The van der Waals surface area contributed by atoms with Crippen LogP contribution >= 0.6 is 15.9 Å². The summed E-state index contributed by atoms with van der Waals surface area (Å²) >= 11 is 3.57. The van der Waals surface area contributed by atoms with Crippen molar-refractivity contribution in [3.05, 3.63) is 28.5 Å². The van der Waals surface area contributed by atoms with Gasteiger partial charge in [-0.05, 0) is 53.7 Å². The molecule has 2 N–H and O–H groups in total. The van der Waals surface area contributed by atoms with Crippen LogP contribution in [0.1, 0.15) is 31.4 Å². The molecule has 0 aromatic carbocycles. The van der Waals surface area contributed by atoms with E-state index in [0.717, 1.165) is 17.3 Å². The van der Waals surface area contributed by atoms with Gasteiger partial charge in [0, 0.05) is 21.6 Å². The zero-order chi connectivity index (χ0) is 9.81. The molecular formula is C11H13BrN2. The Hall–Kier alpha value is -0.410. The molecule has 2 fully saturated rings. The van der Waals surface area contributed by atoms with Crippen molar-refractivity contribution in [1.82, 2.24) is 4.98 Å². The predicted octanol–water partition coefficient (Wildman–Crippen LogP) is 2.37. The monoisotopic (exact) mass is 252 g/mol. The Morgan fingerprint density at radius 3 is 2.50 bits per heavy atom. The number of rotatable bonds is 2. The molecule has 2 nitrogen and oxygen atoms in total. The van der Waals surface area contributed by atoms with E-state index in [1.54, 1.807) is 0 Å². The molecule has 0 amide bonds. The second kappa shape index (κ2) is 2.58. The van der Waals surface area contributed by atoms with Crippen molar-refractivity contribution >= 4 is 15.9 Å². The molecule has 14 heavy (non-hydrogen) atoms. The molecule has 0 radical (unpaired) electrons. The zero-order valence-corrected chi connectivity index (χ0v) is 9.55. The normalized spacial score (nSPS) is 25.9. The maximum absolute atomic E-state index is 6.33. The third kappa shape index (κ3) is 1.03. The van der Waals surface area contributed by atoms with E-state index in [9.17, 15) is 0 Å². The maximum Gasteiger partial charge on any atom is 0.0625 e. The SMILES string of the molecule is NC1(C2(c3ncccc3Br)CC2)CC1. The van der Waals surface area contributed by atoms with Crippen molar-refractivity contribution in [2.24, 2.45) is 5.73 Å². The lowest BCUT2D eigenvalue weighted by molar-refractivity contribution is 0.489. The highest BCUT2D eigenvalue weighted by atomic mass is 79.9. The lowest BCUT2D eigenvalue weighted by Gasteiger charge is -2.23. The summed E-state index contributed by atoms with van der Waals surface area (Å²) in [5.74, 6) is 0.